The second-order valence-corrected chi connectivity index (χ2v) is 4.73. The van der Waals surface area contributed by atoms with Gasteiger partial charge < -0.3 is 9.47 Å². The lowest BCUT2D eigenvalue weighted by Gasteiger charge is -2.09. The van der Waals surface area contributed by atoms with Crippen LogP contribution in [0.25, 0.3) is 0 Å². The number of carbonyl (C=O) groups is 1. The van der Waals surface area contributed by atoms with Crippen LogP contribution in [0.1, 0.15) is 15.2 Å². The average molecular weight is 262 g/mol. The molecule has 0 amide bonds. The summed E-state index contributed by atoms with van der Waals surface area (Å²) in [7, 11) is 1.59. The van der Waals surface area contributed by atoms with Crippen molar-refractivity contribution in [1.82, 2.24) is 0 Å². The molecule has 1 aromatic carbocycles. The Labute approximate surface area is 110 Å². The van der Waals surface area contributed by atoms with E-state index in [1.54, 1.807) is 36.6 Å². The molecule has 94 valence electrons. The van der Waals surface area contributed by atoms with Gasteiger partial charge in [-0.05, 0) is 23.6 Å². The van der Waals surface area contributed by atoms with Crippen molar-refractivity contribution in [2.24, 2.45) is 0 Å². The van der Waals surface area contributed by atoms with Crippen LogP contribution in [0.4, 0.5) is 0 Å². The molecule has 0 atom stereocenters. The van der Waals surface area contributed by atoms with E-state index in [2.05, 4.69) is 6.07 Å². The summed E-state index contributed by atoms with van der Waals surface area (Å²) in [5, 5.41) is 2.04. The van der Waals surface area contributed by atoms with Crippen LogP contribution < -0.4 is 9.47 Å². The Morgan fingerprint density at radius 3 is 2.89 bits per heavy atom. The van der Waals surface area contributed by atoms with Crippen LogP contribution >= 0.6 is 11.3 Å². The van der Waals surface area contributed by atoms with Gasteiger partial charge in [-0.2, -0.15) is 0 Å². The fourth-order valence-electron chi connectivity index (χ4n) is 1.58. The van der Waals surface area contributed by atoms with Crippen LogP contribution in [0, 0.1) is 0 Å². The summed E-state index contributed by atoms with van der Waals surface area (Å²) >= 11 is 1.70. The van der Waals surface area contributed by atoms with E-state index in [4.69, 9.17) is 9.47 Å². The molecule has 0 radical (unpaired) electrons. The highest BCUT2D eigenvalue weighted by atomic mass is 32.1. The number of ether oxygens (including phenoxy) is 2. The molecule has 1 aromatic heterocycles. The van der Waals surface area contributed by atoms with Crippen LogP contribution in [0.5, 0.6) is 11.5 Å². The second kappa shape index (κ2) is 6.21. The van der Waals surface area contributed by atoms with Crippen LogP contribution in [-0.4, -0.2) is 20.0 Å². The Balaban J connectivity index is 2.00. The van der Waals surface area contributed by atoms with Crippen LogP contribution in [-0.2, 0) is 6.42 Å². The molecular weight excluding hydrogens is 248 g/mol. The van der Waals surface area contributed by atoms with Crippen LogP contribution in [0.15, 0.2) is 35.7 Å². The normalized spacial score (nSPS) is 10.1. The Bertz CT molecular complexity index is 506. The first kappa shape index (κ1) is 12.6. The first-order valence-electron chi connectivity index (χ1n) is 5.62. The smallest absolute Gasteiger partial charge is 0.153 e. The fourth-order valence-corrected chi connectivity index (χ4v) is 2.27. The lowest BCUT2D eigenvalue weighted by atomic mass is 10.2. The van der Waals surface area contributed by atoms with Gasteiger partial charge in [0.1, 0.15) is 11.5 Å². The minimum atomic E-state index is 0.543. The van der Waals surface area contributed by atoms with E-state index in [1.165, 1.54) is 4.88 Å². The quantitative estimate of drug-likeness (QED) is 0.750. The Hall–Kier alpha value is -1.81. The highest BCUT2D eigenvalue weighted by Gasteiger charge is 2.05. The zero-order valence-electron chi connectivity index (χ0n) is 10.1. The summed E-state index contributed by atoms with van der Waals surface area (Å²) in [6, 6.07) is 9.27. The van der Waals surface area contributed by atoms with Crippen molar-refractivity contribution in [3.8, 4) is 11.5 Å². The van der Waals surface area contributed by atoms with Crippen molar-refractivity contribution >= 4 is 17.6 Å². The number of hydrogen-bond acceptors (Lipinski definition) is 4. The van der Waals surface area contributed by atoms with Gasteiger partial charge in [-0.25, -0.2) is 0 Å². The third-order valence-corrected chi connectivity index (χ3v) is 3.47. The predicted octanol–water partition coefficient (Wildman–Crippen LogP) is 3.19. The van der Waals surface area contributed by atoms with Gasteiger partial charge in [0.25, 0.3) is 0 Å². The predicted molar refractivity (Wildman–Crippen MR) is 71.9 cm³/mol. The SMILES string of the molecule is COc1ccc(C=O)c(OCCc2cccs2)c1. The molecule has 0 fully saturated rings. The van der Waals surface area contributed by atoms with Gasteiger partial charge in [0.2, 0.25) is 0 Å². The van der Waals surface area contributed by atoms with E-state index < -0.39 is 0 Å². The highest BCUT2D eigenvalue weighted by molar-refractivity contribution is 7.09. The molecular formula is C14H14O3S. The molecule has 18 heavy (non-hydrogen) atoms. The molecule has 2 aromatic rings. The molecule has 0 saturated carbocycles. The molecule has 3 nitrogen and oxygen atoms in total. The molecule has 4 heteroatoms. The standard InChI is InChI=1S/C14H14O3S/c1-16-12-5-4-11(10-15)14(9-12)17-7-6-13-3-2-8-18-13/h2-5,8-10H,6-7H2,1H3. The summed E-state index contributed by atoms with van der Waals surface area (Å²) in [5.41, 5.74) is 0.543. The average Bonchev–Trinajstić information content (AvgIpc) is 2.92. The molecule has 0 bridgehead atoms. The summed E-state index contributed by atoms with van der Waals surface area (Å²) in [6.07, 6.45) is 1.63. The van der Waals surface area contributed by atoms with E-state index in [1.807, 2.05) is 11.4 Å². The minimum Gasteiger partial charge on any atom is -0.497 e. The maximum absolute atomic E-state index is 10.9. The zero-order chi connectivity index (χ0) is 12.8. The molecule has 0 aliphatic rings. The zero-order valence-corrected chi connectivity index (χ0v) is 10.9. The summed E-state index contributed by atoms with van der Waals surface area (Å²) in [6.45, 7) is 0.550. The van der Waals surface area contributed by atoms with Crippen molar-refractivity contribution in [3.63, 3.8) is 0 Å². The van der Waals surface area contributed by atoms with Gasteiger partial charge in [-0.1, -0.05) is 6.07 Å². The monoisotopic (exact) mass is 262 g/mol. The molecule has 0 aliphatic carbocycles. The highest BCUT2D eigenvalue weighted by Crippen LogP contribution is 2.23. The fraction of sp³-hybridized carbons (Fsp3) is 0.214. The van der Waals surface area contributed by atoms with E-state index in [0.29, 0.717) is 23.7 Å². The number of methoxy groups -OCH3 is 1. The molecule has 0 unspecified atom stereocenters. The summed E-state index contributed by atoms with van der Waals surface area (Å²) in [5.74, 6) is 1.26. The molecule has 0 N–H and O–H groups in total. The first-order chi connectivity index (χ1) is 8.83. The number of carbonyl (C=O) groups excluding carboxylic acids is 1. The van der Waals surface area contributed by atoms with Crippen LogP contribution in [0.2, 0.25) is 0 Å². The number of thiophene rings is 1. The molecule has 2 rings (SSSR count). The lowest BCUT2D eigenvalue weighted by molar-refractivity contribution is 0.111. The number of rotatable bonds is 6. The molecule has 1 heterocycles. The maximum Gasteiger partial charge on any atom is 0.153 e. The van der Waals surface area contributed by atoms with Crippen molar-refractivity contribution in [3.05, 3.63) is 46.2 Å². The second-order valence-electron chi connectivity index (χ2n) is 3.70. The number of aldehydes is 1. The van der Waals surface area contributed by atoms with Gasteiger partial charge in [-0.3, -0.25) is 4.79 Å². The van der Waals surface area contributed by atoms with Gasteiger partial charge in [-0.15, -0.1) is 11.3 Å². The minimum absolute atomic E-state index is 0.543. The van der Waals surface area contributed by atoms with Crippen molar-refractivity contribution in [1.29, 1.82) is 0 Å². The summed E-state index contributed by atoms with van der Waals surface area (Å²) in [4.78, 5) is 12.2. The van der Waals surface area contributed by atoms with Crippen LogP contribution in [0.3, 0.4) is 0 Å². The number of hydrogen-bond donors (Lipinski definition) is 0. The Morgan fingerprint density at radius 2 is 2.22 bits per heavy atom. The topological polar surface area (TPSA) is 35.5 Å². The maximum atomic E-state index is 10.9. The first-order valence-corrected chi connectivity index (χ1v) is 6.50. The van der Waals surface area contributed by atoms with E-state index in [-0.39, 0.29) is 0 Å². The van der Waals surface area contributed by atoms with Crippen molar-refractivity contribution in [2.75, 3.05) is 13.7 Å². The van der Waals surface area contributed by atoms with Gasteiger partial charge in [0.05, 0.1) is 19.3 Å². The van der Waals surface area contributed by atoms with E-state index >= 15 is 0 Å². The Morgan fingerprint density at radius 1 is 1.33 bits per heavy atom. The van der Waals surface area contributed by atoms with Crippen molar-refractivity contribution in [2.45, 2.75) is 6.42 Å². The van der Waals surface area contributed by atoms with Crippen molar-refractivity contribution < 1.29 is 14.3 Å². The van der Waals surface area contributed by atoms with E-state index in [9.17, 15) is 4.79 Å². The van der Waals surface area contributed by atoms with Gasteiger partial charge >= 0.3 is 0 Å². The lowest BCUT2D eigenvalue weighted by Crippen LogP contribution is -2.02. The van der Waals surface area contributed by atoms with E-state index in [0.717, 1.165) is 12.7 Å². The molecule has 0 spiro atoms. The third kappa shape index (κ3) is 3.11. The Kier molecular flexibility index (Phi) is 4.36. The largest absolute Gasteiger partial charge is 0.497 e. The third-order valence-electron chi connectivity index (χ3n) is 2.53. The van der Waals surface area contributed by atoms with Gasteiger partial charge in [0, 0.05) is 17.4 Å². The molecule has 0 aliphatic heterocycles. The van der Waals surface area contributed by atoms with Gasteiger partial charge in [0.15, 0.2) is 6.29 Å². The summed E-state index contributed by atoms with van der Waals surface area (Å²) < 4.78 is 10.8. The number of benzene rings is 1. The molecule has 0 saturated heterocycles.